The molecule has 7 nitrogen and oxygen atoms in total. The normalized spacial score (nSPS) is 29.2. The first-order chi connectivity index (χ1) is 10.6. The van der Waals surface area contributed by atoms with E-state index in [1.165, 1.54) is 7.11 Å². The van der Waals surface area contributed by atoms with Crippen molar-refractivity contribution >= 4 is 5.97 Å². The summed E-state index contributed by atoms with van der Waals surface area (Å²) in [4.78, 5) is 20.3. The van der Waals surface area contributed by atoms with E-state index in [0.717, 1.165) is 36.3 Å². The first-order valence-electron chi connectivity index (χ1n) is 7.43. The first-order valence-corrected chi connectivity index (χ1v) is 7.43. The van der Waals surface area contributed by atoms with Crippen molar-refractivity contribution in [3.63, 3.8) is 0 Å². The van der Waals surface area contributed by atoms with Crippen molar-refractivity contribution in [3.8, 4) is 11.3 Å². The molecule has 7 heteroatoms. The molecule has 0 N–H and O–H groups in total. The van der Waals surface area contributed by atoms with E-state index in [-0.39, 0.29) is 17.4 Å². The average molecular weight is 299 g/mol. The summed E-state index contributed by atoms with van der Waals surface area (Å²) in [6.07, 6.45) is 8.13. The van der Waals surface area contributed by atoms with Gasteiger partial charge in [0.05, 0.1) is 24.8 Å². The van der Waals surface area contributed by atoms with Crippen LogP contribution >= 0.6 is 0 Å². The number of fused-ring (bicyclic) bond motifs is 1. The lowest BCUT2D eigenvalue weighted by Gasteiger charge is -2.09. The third-order valence-corrected chi connectivity index (χ3v) is 5.00. The van der Waals surface area contributed by atoms with Crippen LogP contribution in [0.3, 0.4) is 0 Å². The lowest BCUT2D eigenvalue weighted by Crippen LogP contribution is -2.17. The molecule has 2 aromatic rings. The lowest BCUT2D eigenvalue weighted by atomic mass is 10.1. The number of hydrogen-bond acceptors (Lipinski definition) is 6. The fourth-order valence-electron chi connectivity index (χ4n) is 3.68. The van der Waals surface area contributed by atoms with Gasteiger partial charge in [0.15, 0.2) is 0 Å². The lowest BCUT2D eigenvalue weighted by molar-refractivity contribution is -0.147. The molecular weight excluding hydrogens is 282 g/mol. The zero-order valence-corrected chi connectivity index (χ0v) is 12.6. The maximum atomic E-state index is 11.9. The number of methoxy groups -OCH3 is 1. The van der Waals surface area contributed by atoms with Gasteiger partial charge in [0, 0.05) is 18.0 Å². The number of hydrogen-bond donors (Lipinski definition) is 0. The minimum absolute atomic E-state index is 0.0766. The number of aryl methyl sites for hydroxylation is 1. The van der Waals surface area contributed by atoms with Gasteiger partial charge in [0.1, 0.15) is 11.5 Å². The van der Waals surface area contributed by atoms with Crippen LogP contribution in [0.5, 0.6) is 0 Å². The maximum Gasteiger partial charge on any atom is 0.312 e. The zero-order valence-electron chi connectivity index (χ0n) is 12.6. The van der Waals surface area contributed by atoms with E-state index in [0.29, 0.717) is 5.92 Å². The van der Waals surface area contributed by atoms with Crippen molar-refractivity contribution in [1.29, 1.82) is 0 Å². The Morgan fingerprint density at radius 1 is 1.41 bits per heavy atom. The highest BCUT2D eigenvalue weighted by atomic mass is 16.5. The minimum atomic E-state index is -0.265. The van der Waals surface area contributed by atoms with E-state index in [2.05, 4.69) is 20.3 Å². The van der Waals surface area contributed by atoms with Gasteiger partial charge in [0.25, 0.3) is 0 Å². The van der Waals surface area contributed by atoms with E-state index in [1.54, 1.807) is 12.4 Å². The predicted octanol–water partition coefficient (Wildman–Crippen LogP) is 1.56. The predicted molar refractivity (Wildman–Crippen MR) is 76.6 cm³/mol. The van der Waals surface area contributed by atoms with Gasteiger partial charge < -0.3 is 4.74 Å². The Kier molecular flexibility index (Phi) is 2.79. The molecule has 0 spiro atoms. The summed E-state index contributed by atoms with van der Waals surface area (Å²) in [7, 11) is 1.46. The van der Waals surface area contributed by atoms with Gasteiger partial charge >= 0.3 is 5.97 Å². The Balaban J connectivity index is 1.56. The van der Waals surface area contributed by atoms with Gasteiger partial charge in [0.2, 0.25) is 0 Å². The summed E-state index contributed by atoms with van der Waals surface area (Å²) in [6.45, 7) is 1.85. The van der Waals surface area contributed by atoms with Crippen molar-refractivity contribution < 1.29 is 9.53 Å². The number of esters is 1. The minimum Gasteiger partial charge on any atom is -0.469 e. The molecule has 0 aliphatic heterocycles. The van der Waals surface area contributed by atoms with E-state index >= 15 is 0 Å². The van der Waals surface area contributed by atoms with Gasteiger partial charge in [-0.05, 0) is 32.1 Å². The Labute approximate surface area is 127 Å². The smallest absolute Gasteiger partial charge is 0.312 e. The van der Waals surface area contributed by atoms with Crippen LogP contribution in [-0.4, -0.2) is 38.0 Å². The van der Waals surface area contributed by atoms with Crippen LogP contribution in [0.25, 0.3) is 11.3 Å². The van der Waals surface area contributed by atoms with Gasteiger partial charge in [-0.2, -0.15) is 0 Å². The molecule has 114 valence electrons. The van der Waals surface area contributed by atoms with Crippen molar-refractivity contribution in [2.75, 3.05) is 7.11 Å². The van der Waals surface area contributed by atoms with E-state index in [9.17, 15) is 4.79 Å². The Hall–Kier alpha value is -2.31. The molecule has 0 saturated heterocycles. The molecule has 0 radical (unpaired) electrons. The highest BCUT2D eigenvalue weighted by molar-refractivity contribution is 5.81. The second-order valence-corrected chi connectivity index (χ2v) is 6.17. The summed E-state index contributed by atoms with van der Waals surface area (Å²) in [5.74, 6) is 0.976. The molecule has 22 heavy (non-hydrogen) atoms. The van der Waals surface area contributed by atoms with Crippen LogP contribution in [0.2, 0.25) is 0 Å². The quantitative estimate of drug-likeness (QED) is 0.800. The Morgan fingerprint density at radius 3 is 2.86 bits per heavy atom. The molecule has 2 aliphatic carbocycles. The number of rotatable bonds is 3. The van der Waals surface area contributed by atoms with Crippen LogP contribution in [0.15, 0.2) is 18.6 Å². The fraction of sp³-hybridized carbons (Fsp3) is 0.533. The monoisotopic (exact) mass is 299 g/mol. The van der Waals surface area contributed by atoms with Crippen molar-refractivity contribution in [2.24, 2.45) is 11.3 Å². The molecule has 3 atom stereocenters. The van der Waals surface area contributed by atoms with Crippen LogP contribution in [0.4, 0.5) is 0 Å². The van der Waals surface area contributed by atoms with Crippen LogP contribution < -0.4 is 0 Å². The molecular formula is C15H17N5O2. The molecule has 0 unspecified atom stereocenters. The molecule has 2 saturated carbocycles. The maximum absolute atomic E-state index is 11.9. The van der Waals surface area contributed by atoms with Gasteiger partial charge in [-0.15, -0.1) is 5.10 Å². The van der Waals surface area contributed by atoms with E-state index < -0.39 is 0 Å². The average Bonchev–Trinajstić information content (AvgIpc) is 2.92. The van der Waals surface area contributed by atoms with Crippen molar-refractivity contribution in [3.05, 3.63) is 24.4 Å². The van der Waals surface area contributed by atoms with Crippen LogP contribution in [0, 0.1) is 18.3 Å². The number of carbonyl (C=O) groups excluding carboxylic acids is 1. The third kappa shape index (κ3) is 1.84. The van der Waals surface area contributed by atoms with E-state index in [4.69, 9.17) is 4.74 Å². The molecule has 2 aromatic heterocycles. The topological polar surface area (TPSA) is 82.8 Å². The largest absolute Gasteiger partial charge is 0.469 e. The van der Waals surface area contributed by atoms with Crippen molar-refractivity contribution in [2.45, 2.75) is 32.2 Å². The second kappa shape index (κ2) is 4.59. The summed E-state index contributed by atoms with van der Waals surface area (Å²) >= 11 is 0. The Bertz CT molecular complexity index is 726. The number of ether oxygens (including phenoxy) is 1. The summed E-state index contributed by atoms with van der Waals surface area (Å²) in [6, 6.07) is 0.228. The fourth-order valence-corrected chi connectivity index (χ4v) is 3.68. The van der Waals surface area contributed by atoms with Gasteiger partial charge in [-0.1, -0.05) is 5.21 Å². The zero-order chi connectivity index (χ0) is 15.3. The molecule has 2 heterocycles. The summed E-state index contributed by atoms with van der Waals surface area (Å²) in [5.41, 5.74) is 1.35. The second-order valence-electron chi connectivity index (χ2n) is 6.17. The molecule has 0 amide bonds. The summed E-state index contributed by atoms with van der Waals surface area (Å²) in [5, 5.41) is 8.47. The molecule has 2 aliphatic rings. The molecule has 0 aromatic carbocycles. The molecule has 2 fully saturated rings. The van der Waals surface area contributed by atoms with Gasteiger partial charge in [-0.25, -0.2) is 14.6 Å². The first kappa shape index (κ1) is 13.4. The molecule has 0 bridgehead atoms. The Morgan fingerprint density at radius 2 is 2.18 bits per heavy atom. The SMILES string of the molecule is COC(=O)[C@@]12CC[C@H](n3cc(-c4cnc(C)nc4)nn3)[C@@H]1C2. The van der Waals surface area contributed by atoms with Crippen LogP contribution in [-0.2, 0) is 9.53 Å². The van der Waals surface area contributed by atoms with Gasteiger partial charge in [-0.3, -0.25) is 4.79 Å². The highest BCUT2D eigenvalue weighted by Gasteiger charge is 2.67. The standard InChI is InChI=1S/C15H17N5O2/c1-9-16-6-10(7-17-9)12-8-20(19-18-12)13-3-4-15(5-11(13)15)14(21)22-2/h6-8,11,13H,3-5H2,1-2H3/t11-,13-,15+/m0/s1. The van der Waals surface area contributed by atoms with Crippen molar-refractivity contribution in [1.82, 2.24) is 25.0 Å². The van der Waals surface area contributed by atoms with E-state index in [1.807, 2.05) is 17.8 Å². The number of aromatic nitrogens is 5. The highest BCUT2D eigenvalue weighted by Crippen LogP contribution is 2.68. The third-order valence-electron chi connectivity index (χ3n) is 5.00. The summed E-state index contributed by atoms with van der Waals surface area (Å²) < 4.78 is 6.83. The number of nitrogens with zero attached hydrogens (tertiary/aromatic N) is 5. The molecule has 4 rings (SSSR count). The number of carbonyl (C=O) groups is 1. The van der Waals surface area contributed by atoms with Crippen LogP contribution in [0.1, 0.15) is 31.1 Å².